The molecule has 0 radical (unpaired) electrons. The van der Waals surface area contributed by atoms with Crippen molar-refractivity contribution in [3.05, 3.63) is 45.8 Å². The molecule has 0 amide bonds. The van der Waals surface area contributed by atoms with Gasteiger partial charge in [0.2, 0.25) is 0 Å². The van der Waals surface area contributed by atoms with Crippen molar-refractivity contribution in [2.75, 3.05) is 0 Å². The minimum Gasteiger partial charge on any atom is -0.392 e. The highest BCUT2D eigenvalue weighted by Crippen LogP contribution is 2.25. The summed E-state index contributed by atoms with van der Waals surface area (Å²) in [5.74, 6) is 0.544. The second kappa shape index (κ2) is 5.94. The van der Waals surface area contributed by atoms with Crippen LogP contribution in [-0.4, -0.2) is 19.5 Å². The quantitative estimate of drug-likeness (QED) is 0.744. The van der Waals surface area contributed by atoms with Crippen LogP contribution in [-0.2, 0) is 13.0 Å². The van der Waals surface area contributed by atoms with Crippen LogP contribution in [0.2, 0.25) is 0 Å². The Hall–Kier alpha value is -2.12. The first-order chi connectivity index (χ1) is 10.6. The number of fused-ring (bicyclic) bond motifs is 1. The van der Waals surface area contributed by atoms with Gasteiger partial charge in [-0.15, -0.1) is 11.3 Å². The van der Waals surface area contributed by atoms with Crippen LogP contribution in [0.25, 0.3) is 21.6 Å². The topological polar surface area (TPSA) is 73.8 Å². The van der Waals surface area contributed by atoms with E-state index in [1.54, 1.807) is 12.4 Å². The van der Waals surface area contributed by atoms with Gasteiger partial charge >= 0.3 is 0 Å². The minimum absolute atomic E-state index is 0.118. The van der Waals surface area contributed by atoms with E-state index in [0.717, 1.165) is 21.7 Å². The first-order valence-corrected chi connectivity index (χ1v) is 8.04. The zero-order valence-corrected chi connectivity index (χ0v) is 13.6. The molecule has 3 aromatic rings. The fourth-order valence-corrected chi connectivity index (χ4v) is 3.34. The summed E-state index contributed by atoms with van der Waals surface area (Å²) >= 11 is 6.51. The van der Waals surface area contributed by atoms with Gasteiger partial charge in [0, 0.05) is 22.8 Å². The average Bonchev–Trinajstić information content (AvgIpc) is 2.94. The zero-order valence-electron chi connectivity index (χ0n) is 11.9. The number of aryl methyl sites for hydroxylation is 1. The van der Waals surface area contributed by atoms with Gasteiger partial charge in [0.15, 0.2) is 0 Å². The summed E-state index contributed by atoms with van der Waals surface area (Å²) in [6.45, 7) is 2.22. The highest BCUT2D eigenvalue weighted by Gasteiger charge is 2.15. The Labute approximate surface area is 136 Å². The fourth-order valence-electron chi connectivity index (χ4n) is 2.26. The minimum atomic E-state index is -0.118. The maximum atomic E-state index is 12.8. The van der Waals surface area contributed by atoms with Crippen molar-refractivity contribution in [1.29, 1.82) is 0 Å². The molecule has 0 atom stereocenters. The van der Waals surface area contributed by atoms with Gasteiger partial charge in [-0.05, 0) is 24.6 Å². The lowest BCUT2D eigenvalue weighted by atomic mass is 10.2. The standard InChI is InChI=1S/C15H14N4OS2/c1-2-10-6-11-14(22-10)18-13(9-4-3-5-17-7-9)19(15(11)20)8-12(16)21/h3-7H,2,8H2,1H3,(H2,16,21). The average molecular weight is 330 g/mol. The second-order valence-electron chi connectivity index (χ2n) is 4.82. The summed E-state index contributed by atoms with van der Waals surface area (Å²) in [4.78, 5) is 23.6. The third-order valence-electron chi connectivity index (χ3n) is 3.28. The van der Waals surface area contributed by atoms with E-state index >= 15 is 0 Å². The van der Waals surface area contributed by atoms with E-state index in [1.807, 2.05) is 18.2 Å². The lowest BCUT2D eigenvalue weighted by Gasteiger charge is -2.11. The number of rotatable bonds is 4. The van der Waals surface area contributed by atoms with Crippen LogP contribution in [0.3, 0.4) is 0 Å². The van der Waals surface area contributed by atoms with Crippen LogP contribution in [0.4, 0.5) is 0 Å². The van der Waals surface area contributed by atoms with Crippen molar-refractivity contribution in [3.63, 3.8) is 0 Å². The van der Waals surface area contributed by atoms with Crippen LogP contribution < -0.4 is 11.3 Å². The Morgan fingerprint density at radius 3 is 2.95 bits per heavy atom. The third kappa shape index (κ3) is 2.65. The molecular weight excluding hydrogens is 316 g/mol. The van der Waals surface area contributed by atoms with Gasteiger partial charge in [0.1, 0.15) is 10.7 Å². The molecule has 0 bridgehead atoms. The third-order valence-corrected chi connectivity index (χ3v) is 4.59. The van der Waals surface area contributed by atoms with E-state index in [9.17, 15) is 4.79 Å². The van der Waals surface area contributed by atoms with Crippen LogP contribution >= 0.6 is 23.6 Å². The molecule has 3 aromatic heterocycles. The lowest BCUT2D eigenvalue weighted by molar-refractivity contribution is 0.807. The van der Waals surface area contributed by atoms with Crippen molar-refractivity contribution in [1.82, 2.24) is 14.5 Å². The van der Waals surface area contributed by atoms with Crippen LogP contribution in [0.15, 0.2) is 35.4 Å². The smallest absolute Gasteiger partial charge is 0.262 e. The van der Waals surface area contributed by atoms with Gasteiger partial charge in [-0.25, -0.2) is 4.98 Å². The Balaban J connectivity index is 2.33. The van der Waals surface area contributed by atoms with Crippen molar-refractivity contribution in [2.24, 2.45) is 5.73 Å². The highest BCUT2D eigenvalue weighted by molar-refractivity contribution is 7.80. The highest BCUT2D eigenvalue weighted by atomic mass is 32.1. The van der Waals surface area contributed by atoms with Crippen molar-refractivity contribution >= 4 is 38.8 Å². The molecule has 2 N–H and O–H groups in total. The SMILES string of the molecule is CCc1cc2c(=O)n(CC(N)=S)c(-c3cccnc3)nc2s1. The maximum Gasteiger partial charge on any atom is 0.262 e. The molecular formula is C15H14N4OS2. The van der Waals surface area contributed by atoms with Gasteiger partial charge in [0.25, 0.3) is 5.56 Å². The zero-order chi connectivity index (χ0) is 15.7. The molecule has 0 aliphatic carbocycles. The molecule has 0 unspecified atom stereocenters. The van der Waals surface area contributed by atoms with E-state index in [2.05, 4.69) is 16.9 Å². The predicted molar refractivity (Wildman–Crippen MR) is 93.3 cm³/mol. The van der Waals surface area contributed by atoms with Gasteiger partial charge < -0.3 is 5.73 Å². The number of aromatic nitrogens is 3. The number of hydrogen-bond acceptors (Lipinski definition) is 5. The summed E-state index contributed by atoms with van der Waals surface area (Å²) < 4.78 is 1.52. The van der Waals surface area contributed by atoms with E-state index in [-0.39, 0.29) is 17.1 Å². The normalized spacial score (nSPS) is 11.0. The van der Waals surface area contributed by atoms with E-state index < -0.39 is 0 Å². The number of thiophene rings is 1. The molecule has 0 aliphatic rings. The maximum absolute atomic E-state index is 12.8. The number of nitrogens with two attached hydrogens (primary N) is 1. The Bertz CT molecular complexity index is 899. The second-order valence-corrected chi connectivity index (χ2v) is 6.46. The Morgan fingerprint density at radius 1 is 1.50 bits per heavy atom. The monoisotopic (exact) mass is 330 g/mol. The van der Waals surface area contributed by atoms with Crippen LogP contribution in [0, 0.1) is 0 Å². The molecule has 0 aliphatic heterocycles. The Morgan fingerprint density at radius 2 is 2.32 bits per heavy atom. The number of nitrogens with zero attached hydrogens (tertiary/aromatic N) is 3. The van der Waals surface area contributed by atoms with E-state index in [1.165, 1.54) is 15.9 Å². The van der Waals surface area contributed by atoms with E-state index in [4.69, 9.17) is 18.0 Å². The molecule has 112 valence electrons. The summed E-state index contributed by atoms with van der Waals surface area (Å²) in [6.07, 6.45) is 4.23. The largest absolute Gasteiger partial charge is 0.392 e. The predicted octanol–water partition coefficient (Wildman–Crippen LogP) is 2.37. The Kier molecular flexibility index (Phi) is 4.00. The lowest BCUT2D eigenvalue weighted by Crippen LogP contribution is -2.29. The van der Waals surface area contributed by atoms with Gasteiger partial charge in [-0.3, -0.25) is 14.3 Å². The van der Waals surface area contributed by atoms with E-state index in [0.29, 0.717) is 11.2 Å². The molecule has 3 rings (SSSR count). The van der Waals surface area contributed by atoms with Crippen molar-refractivity contribution < 1.29 is 0 Å². The number of hydrogen-bond donors (Lipinski definition) is 1. The van der Waals surface area contributed by atoms with Gasteiger partial charge in [0.05, 0.1) is 16.9 Å². The molecule has 0 spiro atoms. The number of pyridine rings is 1. The van der Waals surface area contributed by atoms with Crippen LogP contribution in [0.5, 0.6) is 0 Å². The first kappa shape index (κ1) is 14.8. The fraction of sp³-hybridized carbons (Fsp3) is 0.200. The van der Waals surface area contributed by atoms with Gasteiger partial charge in [-0.2, -0.15) is 0 Å². The summed E-state index contributed by atoms with van der Waals surface area (Å²) in [5, 5.41) is 0.616. The molecule has 22 heavy (non-hydrogen) atoms. The number of thiocarbonyl (C=S) groups is 1. The summed E-state index contributed by atoms with van der Waals surface area (Å²) in [5.41, 5.74) is 6.30. The van der Waals surface area contributed by atoms with Gasteiger partial charge in [-0.1, -0.05) is 19.1 Å². The molecule has 0 saturated heterocycles. The molecule has 0 aromatic carbocycles. The summed E-state index contributed by atoms with van der Waals surface area (Å²) in [7, 11) is 0. The molecule has 5 nitrogen and oxygen atoms in total. The summed E-state index contributed by atoms with van der Waals surface area (Å²) in [6, 6.07) is 5.58. The molecule has 3 heterocycles. The molecule has 0 fully saturated rings. The molecule has 0 saturated carbocycles. The first-order valence-electron chi connectivity index (χ1n) is 6.82. The van der Waals surface area contributed by atoms with Crippen LogP contribution in [0.1, 0.15) is 11.8 Å². The molecule has 7 heteroatoms. The van der Waals surface area contributed by atoms with Crippen molar-refractivity contribution in [2.45, 2.75) is 19.9 Å². The van der Waals surface area contributed by atoms with Crippen molar-refractivity contribution in [3.8, 4) is 11.4 Å².